The summed E-state index contributed by atoms with van der Waals surface area (Å²) in [6, 6.07) is 11.3. The van der Waals surface area contributed by atoms with Crippen LogP contribution in [0.25, 0.3) is 0 Å². The maximum Gasteiger partial charge on any atom is 0.422 e. The highest BCUT2D eigenvalue weighted by atomic mass is 35.5. The Labute approximate surface area is 194 Å². The van der Waals surface area contributed by atoms with Crippen LogP contribution in [0, 0.1) is 0 Å². The minimum absolute atomic E-state index is 0.00798. The second kappa shape index (κ2) is 10.8. The van der Waals surface area contributed by atoms with E-state index in [1.165, 1.54) is 13.2 Å². The van der Waals surface area contributed by atoms with Crippen LogP contribution in [0.5, 0.6) is 11.5 Å². The van der Waals surface area contributed by atoms with E-state index in [0.717, 1.165) is 5.56 Å². The molecule has 1 aliphatic heterocycles. The van der Waals surface area contributed by atoms with E-state index in [-0.39, 0.29) is 29.7 Å². The van der Waals surface area contributed by atoms with E-state index in [4.69, 9.17) is 21.1 Å². The zero-order valence-electron chi connectivity index (χ0n) is 18.0. The van der Waals surface area contributed by atoms with Crippen LogP contribution in [0.1, 0.15) is 22.3 Å². The molecule has 33 heavy (non-hydrogen) atoms. The second-order valence-corrected chi connectivity index (χ2v) is 8.01. The number of aryl methyl sites for hydroxylation is 1. The molecule has 0 atom stereocenters. The molecule has 1 saturated heterocycles. The van der Waals surface area contributed by atoms with Crippen molar-refractivity contribution in [2.45, 2.75) is 19.0 Å². The average molecular weight is 485 g/mol. The number of amides is 2. The molecule has 1 fully saturated rings. The van der Waals surface area contributed by atoms with Gasteiger partial charge in [-0.3, -0.25) is 9.59 Å². The molecule has 2 amide bonds. The number of hydrogen-bond acceptors (Lipinski definition) is 4. The van der Waals surface area contributed by atoms with Gasteiger partial charge in [-0.1, -0.05) is 17.7 Å². The predicted octanol–water partition coefficient (Wildman–Crippen LogP) is 4.21. The van der Waals surface area contributed by atoms with Crippen molar-refractivity contribution in [2.24, 2.45) is 0 Å². The van der Waals surface area contributed by atoms with E-state index in [2.05, 4.69) is 0 Å². The molecule has 178 valence electrons. The lowest BCUT2D eigenvalue weighted by Crippen LogP contribution is -2.50. The minimum atomic E-state index is -4.44. The summed E-state index contributed by atoms with van der Waals surface area (Å²) >= 11 is 5.86. The van der Waals surface area contributed by atoms with Crippen molar-refractivity contribution >= 4 is 23.4 Å². The third kappa shape index (κ3) is 7.02. The Bertz CT molecular complexity index is 975. The van der Waals surface area contributed by atoms with E-state index in [0.29, 0.717) is 43.2 Å². The standard InChI is InChI=1S/C23H24ClF3N2O4/c1-32-20-14-16(2-8-19(20)33-15-23(25,26)27)3-9-21(30)28-10-12-29(13-11-28)22(31)17-4-6-18(24)7-5-17/h2,4-8,14H,3,9-13,15H2,1H3. The van der Waals surface area contributed by atoms with Crippen molar-refractivity contribution < 1.29 is 32.2 Å². The van der Waals surface area contributed by atoms with Crippen LogP contribution in [-0.4, -0.2) is 67.7 Å². The summed E-state index contributed by atoms with van der Waals surface area (Å²) in [5.41, 5.74) is 1.30. The highest BCUT2D eigenvalue weighted by Gasteiger charge is 2.29. The molecule has 0 N–H and O–H groups in total. The topological polar surface area (TPSA) is 59.1 Å². The van der Waals surface area contributed by atoms with Gasteiger partial charge in [-0.2, -0.15) is 13.2 Å². The zero-order chi connectivity index (χ0) is 24.0. The molecule has 1 aliphatic rings. The lowest BCUT2D eigenvalue weighted by molar-refractivity contribution is -0.153. The smallest absolute Gasteiger partial charge is 0.422 e. The number of nitrogens with zero attached hydrogens (tertiary/aromatic N) is 2. The first-order valence-corrected chi connectivity index (χ1v) is 10.7. The molecule has 2 aromatic rings. The third-order valence-corrected chi connectivity index (χ3v) is 5.51. The Morgan fingerprint density at radius 2 is 1.61 bits per heavy atom. The van der Waals surface area contributed by atoms with Gasteiger partial charge in [-0.25, -0.2) is 0 Å². The Morgan fingerprint density at radius 3 is 2.21 bits per heavy atom. The fourth-order valence-corrected chi connectivity index (χ4v) is 3.62. The fourth-order valence-electron chi connectivity index (χ4n) is 3.49. The Morgan fingerprint density at radius 1 is 0.970 bits per heavy atom. The van der Waals surface area contributed by atoms with Gasteiger partial charge in [0.1, 0.15) is 0 Å². The van der Waals surface area contributed by atoms with E-state index in [1.807, 2.05) is 0 Å². The third-order valence-electron chi connectivity index (χ3n) is 5.26. The zero-order valence-corrected chi connectivity index (χ0v) is 18.8. The molecule has 0 saturated carbocycles. The summed E-state index contributed by atoms with van der Waals surface area (Å²) in [7, 11) is 1.34. The molecule has 0 aliphatic carbocycles. The van der Waals surface area contributed by atoms with Gasteiger partial charge in [0, 0.05) is 43.2 Å². The molecule has 3 rings (SSSR count). The quantitative estimate of drug-likeness (QED) is 0.591. The van der Waals surface area contributed by atoms with Crippen molar-refractivity contribution in [2.75, 3.05) is 39.9 Å². The number of piperazine rings is 1. The fraction of sp³-hybridized carbons (Fsp3) is 0.391. The monoisotopic (exact) mass is 484 g/mol. The molecule has 1 heterocycles. The first-order valence-electron chi connectivity index (χ1n) is 10.4. The Hall–Kier alpha value is -2.94. The van der Waals surface area contributed by atoms with Gasteiger partial charge in [0.2, 0.25) is 5.91 Å². The molecule has 0 bridgehead atoms. The number of halogens is 4. The van der Waals surface area contributed by atoms with Crippen LogP contribution < -0.4 is 9.47 Å². The Kier molecular flexibility index (Phi) is 8.07. The van der Waals surface area contributed by atoms with E-state index >= 15 is 0 Å². The van der Waals surface area contributed by atoms with Crippen LogP contribution in [0.4, 0.5) is 13.2 Å². The molecule has 0 aromatic heterocycles. The van der Waals surface area contributed by atoms with E-state index < -0.39 is 12.8 Å². The summed E-state index contributed by atoms with van der Waals surface area (Å²) in [6.07, 6.45) is -3.81. The first-order chi connectivity index (χ1) is 15.7. The van der Waals surface area contributed by atoms with Crippen molar-refractivity contribution in [1.82, 2.24) is 9.80 Å². The maximum atomic E-state index is 12.6. The number of hydrogen-bond donors (Lipinski definition) is 0. The Balaban J connectivity index is 1.49. The maximum absolute atomic E-state index is 12.6. The van der Waals surface area contributed by atoms with Crippen molar-refractivity contribution in [3.8, 4) is 11.5 Å². The highest BCUT2D eigenvalue weighted by molar-refractivity contribution is 6.30. The number of alkyl halides is 3. The van der Waals surface area contributed by atoms with Crippen molar-refractivity contribution in [3.63, 3.8) is 0 Å². The predicted molar refractivity (Wildman–Crippen MR) is 117 cm³/mol. The van der Waals surface area contributed by atoms with Crippen LogP contribution in [0.2, 0.25) is 5.02 Å². The van der Waals surface area contributed by atoms with Gasteiger partial charge in [-0.05, 0) is 48.4 Å². The first kappa shape index (κ1) is 24.7. The minimum Gasteiger partial charge on any atom is -0.493 e. The molecular weight excluding hydrogens is 461 g/mol. The van der Waals surface area contributed by atoms with Crippen LogP contribution in [-0.2, 0) is 11.2 Å². The summed E-state index contributed by atoms with van der Waals surface area (Å²) < 4.78 is 47.0. The molecular formula is C23H24ClF3N2O4. The molecule has 2 aromatic carbocycles. The van der Waals surface area contributed by atoms with Gasteiger partial charge < -0.3 is 19.3 Å². The van der Waals surface area contributed by atoms with Gasteiger partial charge in [0.15, 0.2) is 18.1 Å². The van der Waals surface area contributed by atoms with Gasteiger partial charge in [0.25, 0.3) is 5.91 Å². The molecule has 0 radical (unpaired) electrons. The van der Waals surface area contributed by atoms with E-state index in [1.54, 1.807) is 46.2 Å². The number of benzene rings is 2. The van der Waals surface area contributed by atoms with Crippen LogP contribution in [0.15, 0.2) is 42.5 Å². The summed E-state index contributed by atoms with van der Waals surface area (Å²) in [5, 5.41) is 0.558. The summed E-state index contributed by atoms with van der Waals surface area (Å²) in [5.74, 6) is 0.0218. The van der Waals surface area contributed by atoms with E-state index in [9.17, 15) is 22.8 Å². The summed E-state index contributed by atoms with van der Waals surface area (Å²) in [6.45, 7) is 0.337. The number of ether oxygens (including phenoxy) is 2. The number of carbonyl (C=O) groups excluding carboxylic acids is 2. The average Bonchev–Trinajstić information content (AvgIpc) is 2.81. The lowest BCUT2D eigenvalue weighted by atomic mass is 10.1. The molecule has 0 spiro atoms. The van der Waals surface area contributed by atoms with Gasteiger partial charge in [0.05, 0.1) is 7.11 Å². The number of rotatable bonds is 7. The molecule has 10 heteroatoms. The SMILES string of the molecule is COc1cc(CCC(=O)N2CCN(C(=O)c3ccc(Cl)cc3)CC2)ccc1OCC(F)(F)F. The van der Waals surface area contributed by atoms with Crippen LogP contribution >= 0.6 is 11.6 Å². The second-order valence-electron chi connectivity index (χ2n) is 7.57. The summed E-state index contributed by atoms with van der Waals surface area (Å²) in [4.78, 5) is 28.6. The normalized spacial score (nSPS) is 14.2. The van der Waals surface area contributed by atoms with Gasteiger partial charge >= 0.3 is 6.18 Å². The van der Waals surface area contributed by atoms with Crippen LogP contribution in [0.3, 0.4) is 0 Å². The highest BCUT2D eigenvalue weighted by Crippen LogP contribution is 2.30. The van der Waals surface area contributed by atoms with Crippen molar-refractivity contribution in [1.29, 1.82) is 0 Å². The number of methoxy groups -OCH3 is 1. The largest absolute Gasteiger partial charge is 0.493 e. The molecule has 6 nitrogen and oxygen atoms in total. The lowest BCUT2D eigenvalue weighted by Gasteiger charge is -2.35. The van der Waals surface area contributed by atoms with Crippen molar-refractivity contribution in [3.05, 3.63) is 58.6 Å². The van der Waals surface area contributed by atoms with Gasteiger partial charge in [-0.15, -0.1) is 0 Å². The number of carbonyl (C=O) groups is 2. The molecule has 0 unspecified atom stereocenters.